The van der Waals surface area contributed by atoms with Gasteiger partial charge < -0.3 is 5.32 Å². The van der Waals surface area contributed by atoms with Gasteiger partial charge >= 0.3 is 6.18 Å². The van der Waals surface area contributed by atoms with Gasteiger partial charge in [0.1, 0.15) is 0 Å². The largest absolute Gasteiger partial charge is 0.416 e. The van der Waals surface area contributed by atoms with E-state index in [1.165, 1.54) is 18.2 Å². The van der Waals surface area contributed by atoms with E-state index in [0.717, 1.165) is 23.3 Å². The van der Waals surface area contributed by atoms with Crippen LogP contribution < -0.4 is 10.0 Å². The minimum Gasteiger partial charge on any atom is -0.316 e. The average Bonchev–Trinajstić information content (AvgIpc) is 2.56. The number of benzene rings is 2. The molecule has 2 N–H and O–H groups in total. The van der Waals surface area contributed by atoms with E-state index in [0.29, 0.717) is 12.1 Å². The summed E-state index contributed by atoms with van der Waals surface area (Å²) in [4.78, 5) is 0.118. The lowest BCUT2D eigenvalue weighted by Gasteiger charge is -2.16. The number of hydrogen-bond donors (Lipinski definition) is 2. The molecule has 0 heterocycles. The van der Waals surface area contributed by atoms with E-state index in [1.54, 1.807) is 26.1 Å². The summed E-state index contributed by atoms with van der Waals surface area (Å²) in [6.07, 6.45) is -4.42. The average molecular weight is 388 g/mol. The number of sulfonamides is 1. The van der Waals surface area contributed by atoms with Gasteiger partial charge in [-0.15, -0.1) is 0 Å². The second-order valence-corrected chi connectivity index (χ2v) is 7.80. The van der Waals surface area contributed by atoms with Gasteiger partial charge in [-0.05, 0) is 61.9 Å². The Morgan fingerprint density at radius 2 is 1.73 bits per heavy atom. The fourth-order valence-electron chi connectivity index (χ4n) is 2.53. The van der Waals surface area contributed by atoms with Crippen LogP contribution in [0.25, 0.3) is 0 Å². The first-order chi connectivity index (χ1) is 12.0. The van der Waals surface area contributed by atoms with Crippen LogP contribution in [0, 0.1) is 6.92 Å². The molecule has 0 aliphatic carbocycles. The molecule has 0 unspecified atom stereocenters. The minimum atomic E-state index is -4.42. The Labute approximate surface area is 153 Å². The van der Waals surface area contributed by atoms with Crippen LogP contribution in [0.4, 0.5) is 13.2 Å². The summed E-state index contributed by atoms with van der Waals surface area (Å²) >= 11 is 0. The van der Waals surface area contributed by atoms with Crippen molar-refractivity contribution in [1.82, 2.24) is 10.0 Å². The lowest BCUT2D eigenvalue weighted by Crippen LogP contribution is -2.27. The van der Waals surface area contributed by atoms with E-state index >= 15 is 0 Å². The van der Waals surface area contributed by atoms with Crippen LogP contribution in [0.15, 0.2) is 47.4 Å². The quantitative estimate of drug-likeness (QED) is 0.786. The second-order valence-electron chi connectivity index (χ2n) is 6.08. The van der Waals surface area contributed by atoms with Crippen LogP contribution in [0.1, 0.15) is 36.6 Å². The highest BCUT2D eigenvalue weighted by atomic mass is 32.2. The second kappa shape index (κ2) is 7.77. The third-order valence-corrected chi connectivity index (χ3v) is 5.61. The zero-order valence-corrected chi connectivity index (χ0v) is 15.5. The maximum Gasteiger partial charge on any atom is 0.416 e. The lowest BCUT2D eigenvalue weighted by molar-refractivity contribution is -0.137. The topological polar surface area (TPSA) is 58.2 Å². The van der Waals surface area contributed by atoms with Crippen LogP contribution in [-0.4, -0.2) is 15.5 Å². The molecule has 8 heteroatoms. The van der Waals surface area contributed by atoms with Gasteiger partial charge in [-0.1, -0.05) is 18.2 Å². The highest BCUT2D eigenvalue weighted by Crippen LogP contribution is 2.30. The van der Waals surface area contributed by atoms with Gasteiger partial charge in [0.2, 0.25) is 10.0 Å². The molecule has 0 saturated heterocycles. The SMILES string of the molecule is CNCc1cc(S(=O)(=O)N[C@@H](C)c2ccc(C(F)(F)F)cc2)ccc1C.[HH]. The summed E-state index contributed by atoms with van der Waals surface area (Å²) in [5.41, 5.74) is 1.50. The number of aryl methyl sites for hydroxylation is 1. The Bertz CT molecular complexity index is 869. The van der Waals surface area contributed by atoms with Crippen molar-refractivity contribution in [2.45, 2.75) is 37.5 Å². The third-order valence-electron chi connectivity index (χ3n) is 4.07. The molecule has 0 aromatic heterocycles. The molecule has 0 amide bonds. The first-order valence-corrected chi connectivity index (χ1v) is 9.46. The van der Waals surface area contributed by atoms with E-state index in [4.69, 9.17) is 0 Å². The summed E-state index contributed by atoms with van der Waals surface area (Å²) in [5.74, 6) is 0. The van der Waals surface area contributed by atoms with Gasteiger partial charge in [0.25, 0.3) is 0 Å². The lowest BCUT2D eigenvalue weighted by atomic mass is 10.1. The molecular formula is C18H23F3N2O2S. The molecule has 1 atom stereocenters. The smallest absolute Gasteiger partial charge is 0.316 e. The van der Waals surface area contributed by atoms with Crippen LogP contribution >= 0.6 is 0 Å². The summed E-state index contributed by atoms with van der Waals surface area (Å²) in [6.45, 7) is 4.01. The highest BCUT2D eigenvalue weighted by molar-refractivity contribution is 7.89. The number of halogens is 3. The van der Waals surface area contributed by atoms with Crippen LogP contribution in [0.5, 0.6) is 0 Å². The molecule has 2 aromatic rings. The number of alkyl halides is 3. The van der Waals surface area contributed by atoms with Crippen LogP contribution in [0.2, 0.25) is 0 Å². The first-order valence-electron chi connectivity index (χ1n) is 7.98. The molecular weight excluding hydrogens is 365 g/mol. The number of nitrogens with one attached hydrogen (secondary N) is 2. The van der Waals surface area contributed by atoms with Crippen molar-refractivity contribution in [3.8, 4) is 0 Å². The van der Waals surface area contributed by atoms with E-state index < -0.39 is 27.8 Å². The standard InChI is InChI=1S/C18H21F3N2O2S.H2/c1-12-4-9-17(10-15(12)11-22-3)26(24,25)23-13(2)14-5-7-16(8-6-14)18(19,20)21;/h4-10,13,22-23H,11H2,1-3H3;1H/t13-;/m0./s1. The van der Waals surface area contributed by atoms with Gasteiger partial charge in [0.05, 0.1) is 10.5 Å². The number of hydrogen-bond acceptors (Lipinski definition) is 3. The minimum absolute atomic E-state index is 0. The molecule has 0 saturated carbocycles. The third kappa shape index (κ3) is 4.84. The van der Waals surface area contributed by atoms with E-state index in [2.05, 4.69) is 10.0 Å². The van der Waals surface area contributed by atoms with Crippen molar-refractivity contribution < 1.29 is 23.0 Å². The molecule has 0 fully saturated rings. The molecule has 4 nitrogen and oxygen atoms in total. The van der Waals surface area contributed by atoms with Crippen LogP contribution in [0.3, 0.4) is 0 Å². The van der Waals surface area contributed by atoms with Crippen molar-refractivity contribution in [2.24, 2.45) is 0 Å². The van der Waals surface area contributed by atoms with Crippen molar-refractivity contribution in [3.05, 3.63) is 64.7 Å². The van der Waals surface area contributed by atoms with E-state index in [9.17, 15) is 21.6 Å². The van der Waals surface area contributed by atoms with Crippen molar-refractivity contribution in [1.29, 1.82) is 0 Å². The predicted octanol–water partition coefficient (Wildman–Crippen LogP) is 4.02. The van der Waals surface area contributed by atoms with E-state index in [1.807, 2.05) is 6.92 Å². The zero-order chi connectivity index (χ0) is 19.5. The van der Waals surface area contributed by atoms with Gasteiger partial charge in [0.15, 0.2) is 0 Å². The van der Waals surface area contributed by atoms with Gasteiger partial charge in [-0.25, -0.2) is 13.1 Å². The summed E-state index contributed by atoms with van der Waals surface area (Å²) < 4.78 is 65.6. The Hall–Kier alpha value is -1.90. The normalized spacial score (nSPS) is 13.6. The Morgan fingerprint density at radius 3 is 2.27 bits per heavy atom. The van der Waals surface area contributed by atoms with Crippen molar-refractivity contribution in [3.63, 3.8) is 0 Å². The summed E-state index contributed by atoms with van der Waals surface area (Å²) in [7, 11) is -2.03. The fraction of sp³-hybridized carbons (Fsp3) is 0.333. The Kier molecular flexibility index (Phi) is 6.10. The summed E-state index contributed by atoms with van der Waals surface area (Å²) in [5, 5.41) is 2.98. The van der Waals surface area contributed by atoms with Crippen molar-refractivity contribution in [2.75, 3.05) is 7.05 Å². The molecule has 2 aromatic carbocycles. The monoisotopic (exact) mass is 388 g/mol. The van der Waals surface area contributed by atoms with Gasteiger partial charge in [0, 0.05) is 14.0 Å². The van der Waals surface area contributed by atoms with Gasteiger partial charge in [-0.2, -0.15) is 13.2 Å². The van der Waals surface area contributed by atoms with Crippen molar-refractivity contribution >= 4 is 10.0 Å². The maximum atomic E-state index is 12.6. The molecule has 144 valence electrons. The Morgan fingerprint density at radius 1 is 1.12 bits per heavy atom. The molecule has 0 bridgehead atoms. The maximum absolute atomic E-state index is 12.6. The van der Waals surface area contributed by atoms with Crippen LogP contribution in [-0.2, 0) is 22.7 Å². The Balaban J connectivity index is 0.00000364. The predicted molar refractivity (Wildman–Crippen MR) is 96.2 cm³/mol. The van der Waals surface area contributed by atoms with Gasteiger partial charge in [-0.3, -0.25) is 0 Å². The summed E-state index contributed by atoms with van der Waals surface area (Å²) in [6, 6.07) is 8.59. The molecule has 0 spiro atoms. The molecule has 2 rings (SSSR count). The molecule has 0 aliphatic rings. The van der Waals surface area contributed by atoms with E-state index in [-0.39, 0.29) is 6.32 Å². The fourth-order valence-corrected chi connectivity index (χ4v) is 3.81. The first kappa shape index (κ1) is 20.4. The molecule has 0 aliphatic heterocycles. The number of rotatable bonds is 6. The highest BCUT2D eigenvalue weighted by Gasteiger charge is 2.30. The molecule has 0 radical (unpaired) electrons. The molecule has 26 heavy (non-hydrogen) atoms. The zero-order valence-electron chi connectivity index (χ0n) is 14.7.